The predicted molar refractivity (Wildman–Crippen MR) is 70.6 cm³/mol. The van der Waals surface area contributed by atoms with Crippen molar-refractivity contribution in [3.05, 3.63) is 29.8 Å². The second-order valence-electron chi connectivity index (χ2n) is 3.87. The molecule has 0 bridgehead atoms. The molecule has 0 radical (unpaired) electrons. The molecule has 0 amide bonds. The summed E-state index contributed by atoms with van der Waals surface area (Å²) in [6.45, 7) is 0.0784. The topological polar surface area (TPSA) is 109 Å². The quantitative estimate of drug-likeness (QED) is 0.286. The van der Waals surface area contributed by atoms with E-state index in [1.807, 2.05) is 0 Å². The largest absolute Gasteiger partial charge is 0.504 e. The molecular formula is C13H17NO7. The molecule has 8 heteroatoms. The lowest BCUT2D eigenvalue weighted by atomic mass is 10.2. The van der Waals surface area contributed by atoms with Gasteiger partial charge in [-0.1, -0.05) is 6.07 Å². The fourth-order valence-electron chi connectivity index (χ4n) is 1.39. The van der Waals surface area contributed by atoms with Crippen LogP contribution in [-0.2, 0) is 14.4 Å². The number of hydrogen-bond donors (Lipinski definition) is 3. The highest BCUT2D eigenvalue weighted by atomic mass is 17.1. The van der Waals surface area contributed by atoms with Crippen LogP contribution >= 0.6 is 0 Å². The molecule has 3 N–H and O–H groups in total. The van der Waals surface area contributed by atoms with Gasteiger partial charge in [0, 0.05) is 12.5 Å². The average Bonchev–Trinajstić information content (AvgIpc) is 2.45. The molecule has 0 aromatic heterocycles. The minimum atomic E-state index is -0.549. The molecule has 0 saturated heterocycles. The van der Waals surface area contributed by atoms with Crippen molar-refractivity contribution in [2.45, 2.75) is 6.42 Å². The van der Waals surface area contributed by atoms with Gasteiger partial charge in [-0.2, -0.15) is 0 Å². The predicted octanol–water partition coefficient (Wildman–Crippen LogP) is 1.36. The van der Waals surface area contributed by atoms with E-state index in [9.17, 15) is 9.90 Å². The minimum absolute atomic E-state index is 0.000838. The standard InChI is InChI=1S/C13H17NO7/c1-19-12-9-10(3-5-11(12)15)4-6-13(16)20-7-2-8-21-14(17)18/h3-6,9,15,17-18H,2,7-8H2,1H3/b6-4+. The third kappa shape index (κ3) is 6.72. The number of phenols is 1. The second-order valence-corrected chi connectivity index (χ2v) is 3.87. The van der Waals surface area contributed by atoms with Crippen molar-refractivity contribution >= 4 is 12.0 Å². The van der Waals surface area contributed by atoms with E-state index < -0.39 is 11.4 Å². The van der Waals surface area contributed by atoms with Crippen LogP contribution in [0.4, 0.5) is 0 Å². The SMILES string of the molecule is COc1cc(/C=C/C(=O)OCCCON(O)O)ccc1O. The number of rotatable bonds is 8. The highest BCUT2D eigenvalue weighted by Gasteiger charge is 2.02. The lowest BCUT2D eigenvalue weighted by Gasteiger charge is -2.06. The second kappa shape index (κ2) is 8.93. The number of phenolic OH excluding ortho intramolecular Hbond substituents is 1. The number of hydrogen-bond acceptors (Lipinski definition) is 8. The van der Waals surface area contributed by atoms with Gasteiger partial charge in [-0.25, -0.2) is 4.79 Å². The molecule has 0 spiro atoms. The molecule has 1 aromatic rings. The Morgan fingerprint density at radius 2 is 2.10 bits per heavy atom. The van der Waals surface area contributed by atoms with E-state index in [-0.39, 0.29) is 19.0 Å². The Morgan fingerprint density at radius 3 is 2.76 bits per heavy atom. The van der Waals surface area contributed by atoms with E-state index in [1.54, 1.807) is 12.1 Å². The third-order valence-electron chi connectivity index (χ3n) is 2.36. The van der Waals surface area contributed by atoms with Crippen molar-refractivity contribution in [2.75, 3.05) is 20.3 Å². The molecule has 0 aliphatic rings. The van der Waals surface area contributed by atoms with Crippen LogP contribution in [0.5, 0.6) is 11.5 Å². The summed E-state index contributed by atoms with van der Waals surface area (Å²) in [7, 11) is 1.43. The van der Waals surface area contributed by atoms with Crippen molar-refractivity contribution in [3.63, 3.8) is 0 Å². The van der Waals surface area contributed by atoms with Gasteiger partial charge in [-0.05, 0) is 23.8 Å². The fraction of sp³-hybridized carbons (Fsp3) is 0.308. The Labute approximate surface area is 121 Å². The average molecular weight is 299 g/mol. The number of aromatic hydroxyl groups is 1. The first-order valence-electron chi connectivity index (χ1n) is 6.05. The third-order valence-corrected chi connectivity index (χ3v) is 2.36. The summed E-state index contributed by atoms with van der Waals surface area (Å²) >= 11 is 0. The van der Waals surface area contributed by atoms with Crippen molar-refractivity contribution < 1.29 is 34.6 Å². The molecule has 21 heavy (non-hydrogen) atoms. The van der Waals surface area contributed by atoms with Gasteiger partial charge < -0.3 is 14.6 Å². The molecule has 1 rings (SSSR count). The molecule has 0 unspecified atom stereocenters. The van der Waals surface area contributed by atoms with Crippen molar-refractivity contribution in [2.24, 2.45) is 0 Å². The number of nitrogens with zero attached hydrogens (tertiary/aromatic N) is 1. The van der Waals surface area contributed by atoms with Crippen LogP contribution in [-0.4, -0.2) is 47.2 Å². The zero-order valence-corrected chi connectivity index (χ0v) is 11.4. The maximum Gasteiger partial charge on any atom is 0.330 e. The fourth-order valence-corrected chi connectivity index (χ4v) is 1.39. The van der Waals surface area contributed by atoms with E-state index >= 15 is 0 Å². The van der Waals surface area contributed by atoms with Gasteiger partial charge in [0.15, 0.2) is 11.5 Å². The number of ether oxygens (including phenoxy) is 2. The van der Waals surface area contributed by atoms with Crippen LogP contribution in [0.15, 0.2) is 24.3 Å². The summed E-state index contributed by atoms with van der Waals surface area (Å²) in [5.74, 6) is -0.230. The summed E-state index contributed by atoms with van der Waals surface area (Å²) < 4.78 is 9.80. The first kappa shape index (κ1) is 16.9. The number of methoxy groups -OCH3 is 1. The van der Waals surface area contributed by atoms with Gasteiger partial charge in [0.05, 0.1) is 25.7 Å². The number of benzene rings is 1. The van der Waals surface area contributed by atoms with Gasteiger partial charge in [-0.15, -0.1) is 0 Å². The molecule has 0 saturated carbocycles. The highest BCUT2D eigenvalue weighted by molar-refractivity contribution is 5.87. The van der Waals surface area contributed by atoms with Gasteiger partial charge in [0.1, 0.15) is 0 Å². The summed E-state index contributed by atoms with van der Waals surface area (Å²) in [5, 5.41) is 25.5. The normalized spacial score (nSPS) is 11.0. The Hall–Kier alpha value is -2.13. The molecule has 0 fully saturated rings. The first-order valence-corrected chi connectivity index (χ1v) is 6.05. The van der Waals surface area contributed by atoms with E-state index in [2.05, 4.69) is 4.84 Å². The molecule has 8 nitrogen and oxygen atoms in total. The number of esters is 1. The first-order chi connectivity index (χ1) is 10.0. The number of carbonyl (C=O) groups excluding carboxylic acids is 1. The Balaban J connectivity index is 2.37. The summed E-state index contributed by atoms with van der Waals surface area (Å²) in [6, 6.07) is 4.65. The molecule has 1 aromatic carbocycles. The lowest BCUT2D eigenvalue weighted by molar-refractivity contribution is -0.492. The van der Waals surface area contributed by atoms with Gasteiger partial charge in [0.2, 0.25) is 0 Å². The van der Waals surface area contributed by atoms with Crippen LogP contribution in [0.1, 0.15) is 12.0 Å². The Morgan fingerprint density at radius 1 is 1.33 bits per heavy atom. The molecule has 0 atom stereocenters. The van der Waals surface area contributed by atoms with Crippen LogP contribution in [0, 0.1) is 0 Å². The zero-order valence-electron chi connectivity index (χ0n) is 11.4. The van der Waals surface area contributed by atoms with Gasteiger partial charge >= 0.3 is 5.97 Å². The maximum atomic E-state index is 11.4. The van der Waals surface area contributed by atoms with E-state index in [0.717, 1.165) is 0 Å². The van der Waals surface area contributed by atoms with Crippen LogP contribution in [0.3, 0.4) is 0 Å². The summed E-state index contributed by atoms with van der Waals surface area (Å²) in [4.78, 5) is 15.7. The molecule has 0 aliphatic heterocycles. The molecule has 116 valence electrons. The smallest absolute Gasteiger partial charge is 0.330 e. The summed E-state index contributed by atoms with van der Waals surface area (Å²) in [5.41, 5.74) is 0.668. The van der Waals surface area contributed by atoms with Crippen molar-refractivity contribution in [1.29, 1.82) is 0 Å². The zero-order chi connectivity index (χ0) is 15.7. The van der Waals surface area contributed by atoms with Crippen molar-refractivity contribution in [3.8, 4) is 11.5 Å². The van der Waals surface area contributed by atoms with E-state index in [4.69, 9.17) is 19.9 Å². The number of carbonyl (C=O) groups is 1. The van der Waals surface area contributed by atoms with E-state index in [1.165, 1.54) is 25.3 Å². The Bertz CT molecular complexity index is 487. The van der Waals surface area contributed by atoms with Gasteiger partial charge in [0.25, 0.3) is 0 Å². The van der Waals surface area contributed by atoms with E-state index in [0.29, 0.717) is 17.7 Å². The van der Waals surface area contributed by atoms with Crippen LogP contribution < -0.4 is 4.74 Å². The highest BCUT2D eigenvalue weighted by Crippen LogP contribution is 2.26. The molecular weight excluding hydrogens is 282 g/mol. The maximum absolute atomic E-state index is 11.4. The van der Waals surface area contributed by atoms with Crippen molar-refractivity contribution in [1.82, 2.24) is 5.39 Å². The lowest BCUT2D eigenvalue weighted by Crippen LogP contribution is -2.16. The van der Waals surface area contributed by atoms with Gasteiger partial charge in [-0.3, -0.25) is 15.3 Å². The van der Waals surface area contributed by atoms with Crippen LogP contribution in [0.2, 0.25) is 0 Å². The Kier molecular flexibility index (Phi) is 7.19. The monoisotopic (exact) mass is 299 g/mol. The molecule has 0 aliphatic carbocycles. The minimum Gasteiger partial charge on any atom is -0.504 e. The summed E-state index contributed by atoms with van der Waals surface area (Å²) in [6.07, 6.45) is 3.06. The molecule has 0 heterocycles. The van der Waals surface area contributed by atoms with Crippen LogP contribution in [0.25, 0.3) is 6.08 Å².